The van der Waals surface area contributed by atoms with E-state index >= 15 is 0 Å². The highest BCUT2D eigenvalue weighted by Crippen LogP contribution is 2.22. The van der Waals surface area contributed by atoms with E-state index in [0.29, 0.717) is 31.0 Å². The van der Waals surface area contributed by atoms with Crippen molar-refractivity contribution in [3.05, 3.63) is 72.0 Å². The molecule has 0 spiro atoms. The quantitative estimate of drug-likeness (QED) is 0.736. The zero-order valence-electron chi connectivity index (χ0n) is 17.1. The lowest BCUT2D eigenvalue weighted by Gasteiger charge is -2.36. The van der Waals surface area contributed by atoms with Gasteiger partial charge in [-0.2, -0.15) is 0 Å². The maximum absolute atomic E-state index is 13.0. The number of rotatable bonds is 3. The van der Waals surface area contributed by atoms with Crippen molar-refractivity contribution < 1.29 is 13.2 Å². The summed E-state index contributed by atoms with van der Waals surface area (Å²) in [5.41, 5.74) is 1.88. The van der Waals surface area contributed by atoms with Gasteiger partial charge in [-0.3, -0.25) is 9.69 Å². The van der Waals surface area contributed by atoms with E-state index < -0.39 is 10.0 Å². The lowest BCUT2D eigenvalue weighted by molar-refractivity contribution is -0.128. The second-order valence-electron chi connectivity index (χ2n) is 8.05. The van der Waals surface area contributed by atoms with Crippen molar-refractivity contribution in [2.24, 2.45) is 4.40 Å². The van der Waals surface area contributed by atoms with Crippen LogP contribution in [0.2, 0.25) is 0 Å². The SMILES string of the molecule is O=C(C1=CN2CCS(=O)(=O)N=C2C=C1)N1CCN(Cc2cccc3ccccc23)CC1. The van der Waals surface area contributed by atoms with E-state index in [1.54, 1.807) is 23.3 Å². The van der Waals surface area contributed by atoms with Crippen LogP contribution >= 0.6 is 0 Å². The molecule has 0 saturated carbocycles. The van der Waals surface area contributed by atoms with Crippen LogP contribution in [0.4, 0.5) is 0 Å². The van der Waals surface area contributed by atoms with E-state index in [4.69, 9.17) is 0 Å². The van der Waals surface area contributed by atoms with Crippen LogP contribution < -0.4 is 0 Å². The molecule has 3 aliphatic rings. The van der Waals surface area contributed by atoms with Crippen LogP contribution in [0.5, 0.6) is 0 Å². The van der Waals surface area contributed by atoms with Gasteiger partial charge < -0.3 is 9.80 Å². The average Bonchev–Trinajstić information content (AvgIpc) is 2.78. The van der Waals surface area contributed by atoms with Crippen molar-refractivity contribution in [2.45, 2.75) is 6.54 Å². The number of amidine groups is 1. The maximum atomic E-state index is 13.0. The first kappa shape index (κ1) is 20.0. The Hall–Kier alpha value is -2.97. The number of hydrogen-bond acceptors (Lipinski definition) is 5. The molecule has 0 atom stereocenters. The van der Waals surface area contributed by atoms with Crippen LogP contribution in [0, 0.1) is 0 Å². The predicted molar refractivity (Wildman–Crippen MR) is 121 cm³/mol. The van der Waals surface area contributed by atoms with Crippen molar-refractivity contribution in [3.8, 4) is 0 Å². The summed E-state index contributed by atoms with van der Waals surface area (Å²) in [6.45, 7) is 4.17. The van der Waals surface area contributed by atoms with Gasteiger partial charge in [0.15, 0.2) is 0 Å². The molecule has 160 valence electrons. The topological polar surface area (TPSA) is 73.3 Å². The number of fused-ring (bicyclic) bond motifs is 2. The second-order valence-corrected chi connectivity index (χ2v) is 9.81. The number of carbonyl (C=O) groups is 1. The second kappa shape index (κ2) is 7.94. The van der Waals surface area contributed by atoms with Gasteiger partial charge in [0.2, 0.25) is 0 Å². The minimum atomic E-state index is -3.39. The molecule has 1 fully saturated rings. The Morgan fingerprint density at radius 3 is 2.55 bits per heavy atom. The van der Waals surface area contributed by atoms with E-state index in [1.165, 1.54) is 16.3 Å². The molecule has 0 unspecified atom stereocenters. The van der Waals surface area contributed by atoms with Gasteiger partial charge in [-0.15, -0.1) is 4.40 Å². The summed E-state index contributed by atoms with van der Waals surface area (Å²) in [5, 5.41) is 2.53. The van der Waals surface area contributed by atoms with Crippen LogP contribution in [0.15, 0.2) is 70.8 Å². The van der Waals surface area contributed by atoms with E-state index in [1.807, 2.05) is 4.90 Å². The fourth-order valence-electron chi connectivity index (χ4n) is 4.29. The molecule has 0 bridgehead atoms. The van der Waals surface area contributed by atoms with Crippen molar-refractivity contribution in [1.29, 1.82) is 0 Å². The summed E-state index contributed by atoms with van der Waals surface area (Å²) in [6, 6.07) is 14.8. The molecule has 0 aliphatic carbocycles. The standard InChI is InChI=1S/C23H24N4O3S/c28-23(20-8-9-22-24-31(29,30)15-14-27(22)17-20)26-12-10-25(11-13-26)16-19-6-3-5-18-4-1-2-7-21(18)19/h1-9,17H,10-16H2. The zero-order chi connectivity index (χ0) is 21.4. The van der Waals surface area contributed by atoms with Crippen LogP contribution in [0.3, 0.4) is 0 Å². The predicted octanol–water partition coefficient (Wildman–Crippen LogP) is 1.98. The summed E-state index contributed by atoms with van der Waals surface area (Å²) in [4.78, 5) is 19.0. The number of nitrogens with zero attached hydrogens (tertiary/aromatic N) is 4. The van der Waals surface area contributed by atoms with Crippen LogP contribution in [0.1, 0.15) is 5.56 Å². The molecule has 1 amide bonds. The summed E-state index contributed by atoms with van der Waals surface area (Å²) in [7, 11) is -3.39. The molecule has 3 heterocycles. The molecular formula is C23H24N4O3S. The Morgan fingerprint density at radius 1 is 0.935 bits per heavy atom. The molecule has 3 aliphatic heterocycles. The monoisotopic (exact) mass is 436 g/mol. The molecule has 0 N–H and O–H groups in total. The maximum Gasteiger partial charge on any atom is 0.256 e. The van der Waals surface area contributed by atoms with E-state index in [9.17, 15) is 13.2 Å². The Kier molecular flexibility index (Phi) is 5.11. The molecule has 1 saturated heterocycles. The van der Waals surface area contributed by atoms with Gasteiger partial charge in [0, 0.05) is 45.5 Å². The van der Waals surface area contributed by atoms with Crippen molar-refractivity contribution in [3.63, 3.8) is 0 Å². The lowest BCUT2D eigenvalue weighted by Crippen LogP contribution is -2.49. The minimum Gasteiger partial charge on any atom is -0.336 e. The Bertz CT molecular complexity index is 1220. The highest BCUT2D eigenvalue weighted by Gasteiger charge is 2.28. The van der Waals surface area contributed by atoms with Crippen LogP contribution in [-0.4, -0.2) is 73.3 Å². The number of hydrogen-bond donors (Lipinski definition) is 0. The fourth-order valence-corrected chi connectivity index (χ4v) is 5.26. The van der Waals surface area contributed by atoms with Gasteiger partial charge in [0.1, 0.15) is 5.84 Å². The van der Waals surface area contributed by atoms with Gasteiger partial charge in [-0.25, -0.2) is 8.42 Å². The third-order valence-electron chi connectivity index (χ3n) is 6.00. The Morgan fingerprint density at radius 2 is 1.71 bits per heavy atom. The van der Waals surface area contributed by atoms with E-state index in [-0.39, 0.29) is 11.7 Å². The molecule has 2 aromatic rings. The summed E-state index contributed by atoms with van der Waals surface area (Å²) in [5.74, 6) is 0.325. The normalized spacial score (nSPS) is 20.9. The lowest BCUT2D eigenvalue weighted by atomic mass is 10.0. The smallest absolute Gasteiger partial charge is 0.256 e. The van der Waals surface area contributed by atoms with Gasteiger partial charge in [0.25, 0.3) is 15.9 Å². The first-order valence-electron chi connectivity index (χ1n) is 10.5. The Balaban J connectivity index is 1.22. The van der Waals surface area contributed by atoms with Gasteiger partial charge in [0.05, 0.1) is 11.3 Å². The van der Waals surface area contributed by atoms with Crippen LogP contribution in [0.25, 0.3) is 10.8 Å². The minimum absolute atomic E-state index is 0.0199. The Labute approximate surface area is 182 Å². The van der Waals surface area contributed by atoms with Crippen molar-refractivity contribution in [2.75, 3.05) is 38.5 Å². The van der Waals surface area contributed by atoms with Gasteiger partial charge in [-0.1, -0.05) is 42.5 Å². The summed E-state index contributed by atoms with van der Waals surface area (Å²) in [6.07, 6.45) is 5.00. The van der Waals surface area contributed by atoms with Crippen LogP contribution in [-0.2, 0) is 21.4 Å². The third-order valence-corrected chi connectivity index (χ3v) is 7.17. The van der Waals surface area contributed by atoms with Crippen molar-refractivity contribution >= 4 is 32.5 Å². The average molecular weight is 437 g/mol. The molecule has 8 heteroatoms. The largest absolute Gasteiger partial charge is 0.336 e. The molecule has 2 aromatic carbocycles. The number of benzene rings is 2. The van der Waals surface area contributed by atoms with E-state index in [0.717, 1.165) is 19.6 Å². The first-order valence-corrected chi connectivity index (χ1v) is 12.1. The molecular weight excluding hydrogens is 412 g/mol. The van der Waals surface area contributed by atoms with Gasteiger partial charge in [-0.05, 0) is 28.5 Å². The summed E-state index contributed by atoms with van der Waals surface area (Å²) < 4.78 is 27.1. The molecule has 31 heavy (non-hydrogen) atoms. The summed E-state index contributed by atoms with van der Waals surface area (Å²) >= 11 is 0. The number of piperazine rings is 1. The number of amides is 1. The first-order chi connectivity index (χ1) is 15.0. The zero-order valence-corrected chi connectivity index (χ0v) is 18.0. The molecule has 0 radical (unpaired) electrons. The molecule has 0 aromatic heterocycles. The fraction of sp³-hybridized carbons (Fsp3) is 0.304. The number of carbonyl (C=O) groups excluding carboxylic acids is 1. The highest BCUT2D eigenvalue weighted by atomic mass is 32.2. The molecule has 5 rings (SSSR count). The van der Waals surface area contributed by atoms with Crippen molar-refractivity contribution in [1.82, 2.24) is 14.7 Å². The number of sulfonamides is 1. The van der Waals surface area contributed by atoms with E-state index in [2.05, 4.69) is 51.8 Å². The van der Waals surface area contributed by atoms with Gasteiger partial charge >= 0.3 is 0 Å². The highest BCUT2D eigenvalue weighted by molar-refractivity contribution is 7.90. The third kappa shape index (κ3) is 4.13. The molecule has 7 nitrogen and oxygen atoms in total.